The van der Waals surface area contributed by atoms with Crippen molar-refractivity contribution in [1.82, 2.24) is 4.90 Å². The van der Waals surface area contributed by atoms with Crippen LogP contribution in [0.1, 0.15) is 32.4 Å². The maximum absolute atomic E-state index is 12.3. The maximum atomic E-state index is 12.3. The van der Waals surface area contributed by atoms with E-state index >= 15 is 0 Å². The van der Waals surface area contributed by atoms with E-state index in [4.69, 9.17) is 14.2 Å². The molecule has 1 aliphatic heterocycles. The van der Waals surface area contributed by atoms with E-state index in [9.17, 15) is 14.4 Å². The molecule has 2 amide bonds. The Morgan fingerprint density at radius 3 is 2.30 bits per heavy atom. The zero-order valence-electron chi connectivity index (χ0n) is 13.4. The summed E-state index contributed by atoms with van der Waals surface area (Å²) in [7, 11) is 1.18. The van der Waals surface area contributed by atoms with Gasteiger partial charge in [0, 0.05) is 0 Å². The number of esters is 1. The second kappa shape index (κ2) is 6.28. The molecule has 0 unspecified atom stereocenters. The van der Waals surface area contributed by atoms with Crippen LogP contribution in [0.4, 0.5) is 9.59 Å². The number of hydrogen-bond acceptors (Lipinski definition) is 6. The smallest absolute Gasteiger partial charge is 0.420 e. The molecule has 124 valence electrons. The Hall–Kier alpha value is -2.57. The van der Waals surface area contributed by atoms with Gasteiger partial charge in [0.05, 0.1) is 7.11 Å². The number of amides is 2. The largest absolute Gasteiger partial charge is 0.467 e. The lowest BCUT2D eigenvalue weighted by molar-refractivity contribution is -0.146. The summed E-state index contributed by atoms with van der Waals surface area (Å²) >= 11 is 0. The molecule has 1 aromatic carbocycles. The number of imide groups is 1. The Morgan fingerprint density at radius 1 is 1.17 bits per heavy atom. The van der Waals surface area contributed by atoms with Crippen molar-refractivity contribution in [3.8, 4) is 0 Å². The predicted molar refractivity (Wildman–Crippen MR) is 79.5 cm³/mol. The van der Waals surface area contributed by atoms with Gasteiger partial charge >= 0.3 is 18.2 Å². The molecule has 0 radical (unpaired) electrons. The van der Waals surface area contributed by atoms with Crippen LogP contribution in [0.15, 0.2) is 30.3 Å². The van der Waals surface area contributed by atoms with Crippen molar-refractivity contribution in [2.24, 2.45) is 0 Å². The van der Waals surface area contributed by atoms with E-state index in [-0.39, 0.29) is 0 Å². The SMILES string of the molecule is COC(=O)[C@H]1[C@H](c2ccccc2)OC(=O)N1C(=O)OC(C)(C)C. The first-order chi connectivity index (χ1) is 10.7. The van der Waals surface area contributed by atoms with Crippen molar-refractivity contribution in [3.05, 3.63) is 35.9 Å². The van der Waals surface area contributed by atoms with Crippen LogP contribution in [0.5, 0.6) is 0 Å². The molecule has 0 aliphatic carbocycles. The molecular weight excluding hydrogens is 302 g/mol. The summed E-state index contributed by atoms with van der Waals surface area (Å²) in [6, 6.07) is 7.45. The fraction of sp³-hybridized carbons (Fsp3) is 0.438. The van der Waals surface area contributed by atoms with Gasteiger partial charge in [-0.3, -0.25) is 0 Å². The first-order valence-electron chi connectivity index (χ1n) is 7.10. The van der Waals surface area contributed by atoms with Crippen molar-refractivity contribution in [2.75, 3.05) is 7.11 Å². The molecular formula is C16H19NO6. The summed E-state index contributed by atoms with van der Waals surface area (Å²) in [5, 5.41) is 0. The summed E-state index contributed by atoms with van der Waals surface area (Å²) in [5.41, 5.74) is -0.231. The fourth-order valence-corrected chi connectivity index (χ4v) is 2.22. The van der Waals surface area contributed by atoms with E-state index in [1.165, 1.54) is 7.11 Å². The molecule has 1 heterocycles. The van der Waals surface area contributed by atoms with Crippen LogP contribution < -0.4 is 0 Å². The Bertz CT molecular complexity index is 607. The quantitative estimate of drug-likeness (QED) is 0.615. The molecule has 23 heavy (non-hydrogen) atoms. The molecule has 0 N–H and O–H groups in total. The van der Waals surface area contributed by atoms with E-state index in [2.05, 4.69) is 0 Å². The molecule has 0 bridgehead atoms. The molecule has 0 spiro atoms. The van der Waals surface area contributed by atoms with E-state index in [1.54, 1.807) is 51.1 Å². The van der Waals surface area contributed by atoms with Gasteiger partial charge in [-0.2, -0.15) is 4.90 Å². The minimum Gasteiger partial charge on any atom is -0.467 e. The Morgan fingerprint density at radius 2 is 1.78 bits per heavy atom. The van der Waals surface area contributed by atoms with Crippen molar-refractivity contribution >= 4 is 18.2 Å². The number of cyclic esters (lactones) is 1. The second-order valence-corrected chi connectivity index (χ2v) is 6.03. The lowest BCUT2D eigenvalue weighted by atomic mass is 10.0. The molecule has 1 saturated heterocycles. The molecule has 7 nitrogen and oxygen atoms in total. The second-order valence-electron chi connectivity index (χ2n) is 6.03. The van der Waals surface area contributed by atoms with Gasteiger partial charge in [0.15, 0.2) is 12.1 Å². The minimum atomic E-state index is -1.23. The molecule has 0 saturated carbocycles. The summed E-state index contributed by atoms with van der Waals surface area (Å²) < 4.78 is 15.1. The number of hydrogen-bond donors (Lipinski definition) is 0. The highest BCUT2D eigenvalue weighted by Crippen LogP contribution is 2.34. The third-order valence-corrected chi connectivity index (χ3v) is 3.15. The summed E-state index contributed by atoms with van der Waals surface area (Å²) in [4.78, 5) is 37.2. The van der Waals surface area contributed by atoms with E-state index in [0.717, 1.165) is 0 Å². The first-order valence-corrected chi connectivity index (χ1v) is 7.10. The van der Waals surface area contributed by atoms with Crippen molar-refractivity contribution in [1.29, 1.82) is 0 Å². The molecule has 1 aliphatic rings. The maximum Gasteiger partial charge on any atom is 0.420 e. The molecule has 1 aromatic rings. The van der Waals surface area contributed by atoms with Crippen LogP contribution in [-0.2, 0) is 19.0 Å². The molecule has 1 fully saturated rings. The van der Waals surface area contributed by atoms with Crippen molar-refractivity contribution in [2.45, 2.75) is 38.5 Å². The monoisotopic (exact) mass is 321 g/mol. The van der Waals surface area contributed by atoms with Crippen LogP contribution in [0.3, 0.4) is 0 Å². The van der Waals surface area contributed by atoms with Crippen LogP contribution in [0.25, 0.3) is 0 Å². The zero-order chi connectivity index (χ0) is 17.2. The minimum absolute atomic E-state index is 0.585. The number of nitrogens with zero attached hydrogens (tertiary/aromatic N) is 1. The number of carbonyl (C=O) groups is 3. The lowest BCUT2D eigenvalue weighted by Crippen LogP contribution is -2.47. The standard InChI is InChI=1S/C16H19NO6/c1-16(2,3)23-15(20)17-11(13(18)21-4)12(22-14(17)19)10-8-6-5-7-9-10/h5-9,11-12H,1-4H3/t11-,12+/m1/s1. The third kappa shape index (κ3) is 3.61. The van der Waals surface area contributed by atoms with Crippen molar-refractivity contribution in [3.63, 3.8) is 0 Å². The Kier molecular flexibility index (Phi) is 4.58. The van der Waals surface area contributed by atoms with Gasteiger partial charge in [-0.1, -0.05) is 30.3 Å². The van der Waals surface area contributed by atoms with Crippen LogP contribution in [0.2, 0.25) is 0 Å². The average Bonchev–Trinajstić information content (AvgIpc) is 2.83. The Balaban J connectivity index is 2.36. The first kappa shape index (κ1) is 16.8. The van der Waals surface area contributed by atoms with E-state index < -0.39 is 35.9 Å². The third-order valence-electron chi connectivity index (χ3n) is 3.15. The highest BCUT2D eigenvalue weighted by Gasteiger charge is 2.52. The van der Waals surface area contributed by atoms with Crippen LogP contribution in [0, 0.1) is 0 Å². The summed E-state index contributed by atoms with van der Waals surface area (Å²) in [6.45, 7) is 4.98. The highest BCUT2D eigenvalue weighted by atomic mass is 16.6. The number of rotatable bonds is 2. The van der Waals surface area contributed by atoms with Gasteiger partial charge < -0.3 is 14.2 Å². The predicted octanol–water partition coefficient (Wildman–Crippen LogP) is 2.66. The van der Waals surface area contributed by atoms with Crippen LogP contribution >= 0.6 is 0 Å². The fourth-order valence-electron chi connectivity index (χ4n) is 2.22. The Labute approximate surface area is 134 Å². The van der Waals surface area contributed by atoms with Gasteiger partial charge in [0.2, 0.25) is 0 Å². The molecule has 2 atom stereocenters. The van der Waals surface area contributed by atoms with Gasteiger partial charge in [0.25, 0.3) is 0 Å². The molecule has 0 aromatic heterocycles. The van der Waals surface area contributed by atoms with Crippen LogP contribution in [-0.4, -0.2) is 41.8 Å². The van der Waals surface area contributed by atoms with E-state index in [1.807, 2.05) is 0 Å². The van der Waals surface area contributed by atoms with Gasteiger partial charge in [-0.25, -0.2) is 14.4 Å². The van der Waals surface area contributed by atoms with Gasteiger partial charge in [-0.05, 0) is 26.3 Å². The van der Waals surface area contributed by atoms with Gasteiger partial charge in [-0.15, -0.1) is 0 Å². The molecule has 2 rings (SSSR count). The summed E-state index contributed by atoms with van der Waals surface area (Å²) in [5.74, 6) is -0.754. The lowest BCUT2D eigenvalue weighted by Gasteiger charge is -2.25. The number of carbonyl (C=O) groups excluding carboxylic acids is 3. The van der Waals surface area contributed by atoms with Gasteiger partial charge in [0.1, 0.15) is 5.60 Å². The topological polar surface area (TPSA) is 82.1 Å². The highest BCUT2D eigenvalue weighted by molar-refractivity contribution is 5.96. The number of benzene rings is 1. The zero-order valence-corrected chi connectivity index (χ0v) is 13.4. The van der Waals surface area contributed by atoms with Crippen molar-refractivity contribution < 1.29 is 28.6 Å². The number of ether oxygens (including phenoxy) is 3. The van der Waals surface area contributed by atoms with E-state index in [0.29, 0.717) is 10.5 Å². The summed E-state index contributed by atoms with van der Waals surface area (Å²) in [6.07, 6.45) is -2.83. The number of methoxy groups -OCH3 is 1. The molecule has 7 heteroatoms. The normalized spacial score (nSPS) is 20.9. The average molecular weight is 321 g/mol.